The van der Waals surface area contributed by atoms with Crippen molar-refractivity contribution < 1.29 is 4.79 Å². The molecule has 0 radical (unpaired) electrons. The minimum absolute atomic E-state index is 0.129. The highest BCUT2D eigenvalue weighted by Crippen LogP contribution is 2.27. The second-order valence-corrected chi connectivity index (χ2v) is 8.92. The molecule has 6 heteroatoms. The van der Waals surface area contributed by atoms with Gasteiger partial charge in [-0.2, -0.15) is 0 Å². The van der Waals surface area contributed by atoms with Gasteiger partial charge in [-0.05, 0) is 36.0 Å². The van der Waals surface area contributed by atoms with E-state index in [9.17, 15) is 4.79 Å². The molecule has 0 aliphatic carbocycles. The predicted molar refractivity (Wildman–Crippen MR) is 114 cm³/mol. The monoisotopic (exact) mass is 397 g/mol. The number of aryl methyl sites for hydroxylation is 2. The number of aromatic nitrogens is 2. The maximum Gasteiger partial charge on any atom is 0.257 e. The van der Waals surface area contributed by atoms with Crippen LogP contribution in [-0.2, 0) is 12.8 Å². The lowest BCUT2D eigenvalue weighted by atomic mass is 9.99. The molecule has 0 aliphatic heterocycles. The van der Waals surface area contributed by atoms with Gasteiger partial charge in [-0.15, -0.1) is 10.2 Å². The highest BCUT2D eigenvalue weighted by molar-refractivity contribution is 8.01. The lowest BCUT2D eigenvalue weighted by Crippen LogP contribution is -2.14. The Morgan fingerprint density at radius 1 is 1.04 bits per heavy atom. The number of thioether (sulfide) groups is 1. The minimum atomic E-state index is -0.129. The standard InChI is InChI=1S/C21H23N3OS2/c1-15(2)14-26-21-24-23-20(27-21)22-19(25)18-11-7-6-10-17(18)13-12-16-8-4-3-5-9-16/h3-11,15H,12-14H2,1-2H3,(H,22,23,25). The molecule has 1 aromatic heterocycles. The Bertz CT molecular complexity index is 878. The fourth-order valence-corrected chi connectivity index (χ4v) is 4.33. The van der Waals surface area contributed by atoms with Crippen LogP contribution in [0.4, 0.5) is 5.13 Å². The van der Waals surface area contributed by atoms with Crippen LogP contribution in [0.25, 0.3) is 0 Å². The van der Waals surface area contributed by atoms with Crippen molar-refractivity contribution in [1.82, 2.24) is 10.2 Å². The quantitative estimate of drug-likeness (QED) is 0.413. The van der Waals surface area contributed by atoms with E-state index in [1.54, 1.807) is 11.8 Å². The molecule has 1 N–H and O–H groups in total. The lowest BCUT2D eigenvalue weighted by molar-refractivity contribution is 0.102. The number of anilines is 1. The van der Waals surface area contributed by atoms with E-state index in [-0.39, 0.29) is 5.91 Å². The number of carbonyl (C=O) groups excluding carboxylic acids is 1. The van der Waals surface area contributed by atoms with Gasteiger partial charge >= 0.3 is 0 Å². The van der Waals surface area contributed by atoms with Crippen LogP contribution in [0.1, 0.15) is 35.3 Å². The molecule has 1 heterocycles. The molecule has 0 atom stereocenters. The van der Waals surface area contributed by atoms with Crippen LogP contribution in [0, 0.1) is 5.92 Å². The Morgan fingerprint density at radius 2 is 1.78 bits per heavy atom. The van der Waals surface area contributed by atoms with Gasteiger partial charge in [-0.3, -0.25) is 10.1 Å². The van der Waals surface area contributed by atoms with Gasteiger partial charge in [0, 0.05) is 11.3 Å². The molecule has 3 aromatic rings. The Kier molecular flexibility index (Phi) is 7.01. The molecule has 2 aromatic carbocycles. The van der Waals surface area contributed by atoms with E-state index < -0.39 is 0 Å². The molecule has 1 amide bonds. The maximum atomic E-state index is 12.7. The largest absolute Gasteiger partial charge is 0.296 e. The molecule has 0 saturated carbocycles. The van der Waals surface area contributed by atoms with Crippen LogP contribution < -0.4 is 5.32 Å². The molecular formula is C21H23N3OS2. The van der Waals surface area contributed by atoms with Crippen LogP contribution in [0.2, 0.25) is 0 Å². The first-order valence-electron chi connectivity index (χ1n) is 9.01. The third-order valence-electron chi connectivity index (χ3n) is 3.95. The minimum Gasteiger partial charge on any atom is -0.296 e. The van der Waals surface area contributed by atoms with Gasteiger partial charge in [-0.25, -0.2) is 0 Å². The van der Waals surface area contributed by atoms with Crippen LogP contribution >= 0.6 is 23.1 Å². The van der Waals surface area contributed by atoms with E-state index in [2.05, 4.69) is 41.5 Å². The average molecular weight is 398 g/mol. The summed E-state index contributed by atoms with van der Waals surface area (Å²) in [5.74, 6) is 1.45. The molecule has 3 rings (SSSR count). The molecular weight excluding hydrogens is 374 g/mol. The first-order valence-corrected chi connectivity index (χ1v) is 10.8. The zero-order valence-electron chi connectivity index (χ0n) is 15.5. The predicted octanol–water partition coefficient (Wildman–Crippen LogP) is 5.32. The first-order chi connectivity index (χ1) is 13.1. The van der Waals surface area contributed by atoms with Crippen LogP contribution in [0.15, 0.2) is 58.9 Å². The third-order valence-corrected chi connectivity index (χ3v) is 6.35. The lowest BCUT2D eigenvalue weighted by Gasteiger charge is -2.09. The van der Waals surface area contributed by atoms with E-state index in [0.717, 1.165) is 28.5 Å². The summed E-state index contributed by atoms with van der Waals surface area (Å²) in [6.45, 7) is 4.34. The van der Waals surface area contributed by atoms with Crippen molar-refractivity contribution in [3.63, 3.8) is 0 Å². The average Bonchev–Trinajstić information content (AvgIpc) is 3.13. The molecule has 27 heavy (non-hydrogen) atoms. The number of carbonyl (C=O) groups is 1. The van der Waals surface area contributed by atoms with Gasteiger partial charge in [0.25, 0.3) is 5.91 Å². The summed E-state index contributed by atoms with van der Waals surface area (Å²) in [4.78, 5) is 12.7. The Hall–Kier alpha value is -2.18. The third kappa shape index (κ3) is 5.91. The molecule has 0 unspecified atom stereocenters. The van der Waals surface area contributed by atoms with Crippen molar-refractivity contribution in [3.05, 3.63) is 71.3 Å². The summed E-state index contributed by atoms with van der Waals surface area (Å²) in [7, 11) is 0. The summed E-state index contributed by atoms with van der Waals surface area (Å²) in [5.41, 5.74) is 3.00. The van der Waals surface area contributed by atoms with E-state index in [1.165, 1.54) is 16.9 Å². The fraction of sp³-hybridized carbons (Fsp3) is 0.286. The number of nitrogens with one attached hydrogen (secondary N) is 1. The van der Waals surface area contributed by atoms with Gasteiger partial charge in [-0.1, -0.05) is 85.5 Å². The second-order valence-electron chi connectivity index (χ2n) is 6.67. The summed E-state index contributed by atoms with van der Waals surface area (Å²) in [5, 5.41) is 11.7. The highest BCUT2D eigenvalue weighted by Gasteiger charge is 2.14. The van der Waals surface area contributed by atoms with Gasteiger partial charge < -0.3 is 0 Å². The highest BCUT2D eigenvalue weighted by atomic mass is 32.2. The second kappa shape index (κ2) is 9.67. The van der Waals surface area contributed by atoms with Gasteiger partial charge in [0.05, 0.1) is 0 Å². The fourth-order valence-electron chi connectivity index (χ4n) is 2.60. The van der Waals surface area contributed by atoms with E-state index >= 15 is 0 Å². The SMILES string of the molecule is CC(C)CSc1nnc(NC(=O)c2ccccc2CCc2ccccc2)s1. The van der Waals surface area contributed by atoms with Crippen molar-refractivity contribution in [3.8, 4) is 0 Å². The normalized spacial score (nSPS) is 10.9. The number of hydrogen-bond donors (Lipinski definition) is 1. The van der Waals surface area contributed by atoms with Crippen molar-refractivity contribution >= 4 is 34.1 Å². The van der Waals surface area contributed by atoms with Crippen molar-refractivity contribution in [2.24, 2.45) is 5.92 Å². The number of benzene rings is 2. The zero-order valence-corrected chi connectivity index (χ0v) is 17.1. The number of amides is 1. The van der Waals surface area contributed by atoms with Crippen LogP contribution in [0.3, 0.4) is 0 Å². The smallest absolute Gasteiger partial charge is 0.257 e. The van der Waals surface area contributed by atoms with Crippen molar-refractivity contribution in [2.45, 2.75) is 31.0 Å². The molecule has 0 bridgehead atoms. The van der Waals surface area contributed by atoms with E-state index in [0.29, 0.717) is 16.6 Å². The number of hydrogen-bond acceptors (Lipinski definition) is 5. The van der Waals surface area contributed by atoms with Crippen LogP contribution in [0.5, 0.6) is 0 Å². The molecule has 0 spiro atoms. The maximum absolute atomic E-state index is 12.7. The summed E-state index contributed by atoms with van der Waals surface area (Å²) in [6.07, 6.45) is 1.72. The molecule has 0 aliphatic rings. The number of rotatable bonds is 8. The van der Waals surface area contributed by atoms with E-state index in [4.69, 9.17) is 0 Å². The van der Waals surface area contributed by atoms with Crippen molar-refractivity contribution in [2.75, 3.05) is 11.1 Å². The molecule has 0 fully saturated rings. The number of nitrogens with zero attached hydrogens (tertiary/aromatic N) is 2. The molecule has 4 nitrogen and oxygen atoms in total. The Balaban J connectivity index is 1.64. The topological polar surface area (TPSA) is 54.9 Å². The van der Waals surface area contributed by atoms with E-state index in [1.807, 2.05) is 42.5 Å². The van der Waals surface area contributed by atoms with Crippen molar-refractivity contribution in [1.29, 1.82) is 0 Å². The molecule has 140 valence electrons. The van der Waals surface area contributed by atoms with Crippen LogP contribution in [-0.4, -0.2) is 21.9 Å². The summed E-state index contributed by atoms with van der Waals surface area (Å²) >= 11 is 3.10. The van der Waals surface area contributed by atoms with Gasteiger partial charge in [0.15, 0.2) is 4.34 Å². The first kappa shape index (κ1) is 19.6. The molecule has 0 saturated heterocycles. The summed E-state index contributed by atoms with van der Waals surface area (Å²) in [6, 6.07) is 18.1. The zero-order chi connectivity index (χ0) is 19.1. The van der Waals surface area contributed by atoms with Gasteiger partial charge in [0.1, 0.15) is 0 Å². The van der Waals surface area contributed by atoms with Gasteiger partial charge in [0.2, 0.25) is 5.13 Å². The Morgan fingerprint density at radius 3 is 2.56 bits per heavy atom. The Labute approximate surface area is 168 Å². The summed E-state index contributed by atoms with van der Waals surface area (Å²) < 4.78 is 0.886.